The molecule has 2 rings (SSSR count). The van der Waals surface area contributed by atoms with Gasteiger partial charge in [0.25, 0.3) is 0 Å². The highest BCUT2D eigenvalue weighted by atomic mass is 79.9. The van der Waals surface area contributed by atoms with Crippen LogP contribution in [0.4, 0.5) is 0 Å². The molecule has 0 saturated carbocycles. The summed E-state index contributed by atoms with van der Waals surface area (Å²) < 4.78 is 6.52. The van der Waals surface area contributed by atoms with Crippen molar-refractivity contribution in [1.82, 2.24) is 0 Å². The fourth-order valence-electron chi connectivity index (χ4n) is 1.96. The molecule has 3 heteroatoms. The van der Waals surface area contributed by atoms with Crippen molar-refractivity contribution >= 4 is 21.9 Å². The van der Waals surface area contributed by atoms with Gasteiger partial charge in [0.15, 0.2) is 5.60 Å². The van der Waals surface area contributed by atoms with Gasteiger partial charge in [0.2, 0.25) is 0 Å². The maximum absolute atomic E-state index is 11.8. The van der Waals surface area contributed by atoms with E-state index >= 15 is 0 Å². The van der Waals surface area contributed by atoms with Gasteiger partial charge in [-0.15, -0.1) is 0 Å². The molecule has 0 radical (unpaired) electrons. The predicted octanol–water partition coefficient (Wildman–Crippen LogP) is 3.80. The summed E-state index contributed by atoms with van der Waals surface area (Å²) in [5, 5.41) is 0. The Morgan fingerprint density at radius 3 is 2.29 bits per heavy atom. The highest BCUT2D eigenvalue weighted by molar-refractivity contribution is 9.10. The average Bonchev–Trinajstić information content (AvgIpc) is 2.56. The summed E-state index contributed by atoms with van der Waals surface area (Å²) in [7, 11) is 0. The molecule has 0 N–H and O–H groups in total. The van der Waals surface area contributed by atoms with Gasteiger partial charge in [0, 0.05) is 10.0 Å². The maximum Gasteiger partial charge on any atom is 0.335 e. The molecule has 1 heterocycles. The summed E-state index contributed by atoms with van der Waals surface area (Å²) in [5.41, 5.74) is 1.12. The van der Waals surface area contributed by atoms with Gasteiger partial charge >= 0.3 is 5.97 Å². The fourth-order valence-corrected chi connectivity index (χ4v) is 2.23. The number of rotatable bonds is 2. The first-order chi connectivity index (χ1) is 7.92. The molecule has 1 aromatic carbocycles. The number of cyclic esters (lactones) is 1. The van der Waals surface area contributed by atoms with Crippen molar-refractivity contribution < 1.29 is 9.53 Å². The summed E-state index contributed by atoms with van der Waals surface area (Å²) in [6.07, 6.45) is 1.93. The molecule has 1 aliphatic rings. The van der Waals surface area contributed by atoms with Crippen LogP contribution in [0.5, 0.6) is 0 Å². The number of esters is 1. The standard InChI is InChI=1S/C14H15BrO2/c1-9(2)12-8-14(3,17-13(12)16)10-4-6-11(15)7-5-10/h4-9H,1-3H3/t14-/m1/s1. The molecule has 0 unspecified atom stereocenters. The monoisotopic (exact) mass is 294 g/mol. The second-order valence-electron chi connectivity index (χ2n) is 4.76. The molecule has 1 atom stereocenters. The van der Waals surface area contributed by atoms with Crippen molar-refractivity contribution in [2.75, 3.05) is 0 Å². The minimum absolute atomic E-state index is 0.194. The first-order valence-corrected chi connectivity index (χ1v) is 6.44. The summed E-state index contributed by atoms with van der Waals surface area (Å²) in [6, 6.07) is 7.85. The van der Waals surface area contributed by atoms with Gasteiger partial charge in [-0.05, 0) is 36.6 Å². The number of ether oxygens (including phenoxy) is 1. The van der Waals surface area contributed by atoms with Gasteiger partial charge < -0.3 is 4.74 Å². The zero-order valence-corrected chi connectivity index (χ0v) is 11.7. The van der Waals surface area contributed by atoms with E-state index in [0.29, 0.717) is 0 Å². The highest BCUT2D eigenvalue weighted by Crippen LogP contribution is 2.37. The van der Waals surface area contributed by atoms with Crippen molar-refractivity contribution in [3.05, 3.63) is 46.0 Å². The number of carbonyl (C=O) groups excluding carboxylic acids is 1. The predicted molar refractivity (Wildman–Crippen MR) is 70.5 cm³/mol. The molecule has 0 fully saturated rings. The molecule has 1 aromatic rings. The van der Waals surface area contributed by atoms with Crippen LogP contribution in [0, 0.1) is 5.92 Å². The van der Waals surface area contributed by atoms with Gasteiger partial charge in [-0.25, -0.2) is 4.79 Å². The van der Waals surface area contributed by atoms with Crippen molar-refractivity contribution in [2.45, 2.75) is 26.4 Å². The number of carbonyl (C=O) groups is 1. The Balaban J connectivity index is 2.39. The maximum atomic E-state index is 11.8. The third kappa shape index (κ3) is 2.29. The number of halogens is 1. The Kier molecular flexibility index (Phi) is 3.13. The van der Waals surface area contributed by atoms with E-state index in [1.54, 1.807) is 0 Å². The lowest BCUT2D eigenvalue weighted by molar-refractivity contribution is -0.146. The first kappa shape index (κ1) is 12.4. The Bertz CT molecular complexity index is 474. The van der Waals surface area contributed by atoms with Crippen molar-refractivity contribution in [2.24, 2.45) is 5.92 Å². The molecule has 1 aliphatic heterocycles. The van der Waals surface area contributed by atoms with E-state index in [4.69, 9.17) is 4.74 Å². The minimum atomic E-state index is -0.628. The number of hydrogen-bond donors (Lipinski definition) is 0. The average molecular weight is 295 g/mol. The molecule has 0 saturated heterocycles. The minimum Gasteiger partial charge on any atom is -0.447 e. The molecule has 0 spiro atoms. The summed E-state index contributed by atoms with van der Waals surface area (Å²) in [6.45, 7) is 5.92. The lowest BCUT2D eigenvalue weighted by Gasteiger charge is -2.21. The van der Waals surface area contributed by atoms with Crippen molar-refractivity contribution in [1.29, 1.82) is 0 Å². The SMILES string of the molecule is CC(C)C1=C[C@](C)(c2ccc(Br)cc2)OC1=O. The smallest absolute Gasteiger partial charge is 0.335 e. The van der Waals surface area contributed by atoms with Crippen LogP contribution in [0.3, 0.4) is 0 Å². The lowest BCUT2D eigenvalue weighted by Crippen LogP contribution is -2.20. The molecule has 2 nitrogen and oxygen atoms in total. The Morgan fingerprint density at radius 2 is 1.82 bits per heavy atom. The Labute approximate surface area is 110 Å². The van der Waals surface area contributed by atoms with Crippen molar-refractivity contribution in [3.8, 4) is 0 Å². The van der Waals surface area contributed by atoms with Crippen LogP contribution in [0.1, 0.15) is 26.3 Å². The molecule has 0 bridgehead atoms. The third-order valence-electron chi connectivity index (χ3n) is 3.01. The van der Waals surface area contributed by atoms with Gasteiger partial charge in [-0.3, -0.25) is 0 Å². The second kappa shape index (κ2) is 4.30. The van der Waals surface area contributed by atoms with Crippen LogP contribution in [0.2, 0.25) is 0 Å². The van der Waals surface area contributed by atoms with Crippen LogP contribution < -0.4 is 0 Å². The lowest BCUT2D eigenvalue weighted by atomic mass is 9.93. The first-order valence-electron chi connectivity index (χ1n) is 5.64. The number of hydrogen-bond acceptors (Lipinski definition) is 2. The highest BCUT2D eigenvalue weighted by Gasteiger charge is 2.38. The molecule has 90 valence electrons. The Morgan fingerprint density at radius 1 is 1.24 bits per heavy atom. The van der Waals surface area contributed by atoms with Crippen LogP contribution in [-0.2, 0) is 15.1 Å². The van der Waals surface area contributed by atoms with E-state index in [1.165, 1.54) is 0 Å². The summed E-state index contributed by atoms with van der Waals surface area (Å²) in [5.74, 6) is -0.00908. The van der Waals surface area contributed by atoms with Crippen LogP contribution in [-0.4, -0.2) is 5.97 Å². The number of benzene rings is 1. The zero-order chi connectivity index (χ0) is 12.6. The van der Waals surface area contributed by atoms with E-state index in [2.05, 4.69) is 15.9 Å². The molecule has 0 amide bonds. The van der Waals surface area contributed by atoms with Gasteiger partial charge in [-0.2, -0.15) is 0 Å². The van der Waals surface area contributed by atoms with E-state index in [1.807, 2.05) is 51.1 Å². The van der Waals surface area contributed by atoms with Crippen LogP contribution >= 0.6 is 15.9 Å². The van der Waals surface area contributed by atoms with Crippen LogP contribution in [0.25, 0.3) is 0 Å². The summed E-state index contributed by atoms with van der Waals surface area (Å²) >= 11 is 3.40. The van der Waals surface area contributed by atoms with E-state index in [-0.39, 0.29) is 11.9 Å². The zero-order valence-electron chi connectivity index (χ0n) is 10.2. The van der Waals surface area contributed by atoms with Gasteiger partial charge in [0.05, 0.1) is 0 Å². The topological polar surface area (TPSA) is 26.3 Å². The van der Waals surface area contributed by atoms with Crippen LogP contribution in [0.15, 0.2) is 40.4 Å². The van der Waals surface area contributed by atoms with E-state index in [9.17, 15) is 4.79 Å². The molecule has 0 aromatic heterocycles. The van der Waals surface area contributed by atoms with E-state index in [0.717, 1.165) is 15.6 Å². The normalized spacial score (nSPS) is 23.8. The molecule has 0 aliphatic carbocycles. The fraction of sp³-hybridized carbons (Fsp3) is 0.357. The molecule has 17 heavy (non-hydrogen) atoms. The third-order valence-corrected chi connectivity index (χ3v) is 3.54. The quantitative estimate of drug-likeness (QED) is 0.776. The van der Waals surface area contributed by atoms with Crippen molar-refractivity contribution in [3.63, 3.8) is 0 Å². The van der Waals surface area contributed by atoms with Gasteiger partial charge in [-0.1, -0.05) is 41.9 Å². The van der Waals surface area contributed by atoms with Gasteiger partial charge in [0.1, 0.15) is 0 Å². The Hall–Kier alpha value is -1.09. The summed E-state index contributed by atoms with van der Waals surface area (Å²) in [4.78, 5) is 11.8. The second-order valence-corrected chi connectivity index (χ2v) is 5.67. The molecular formula is C14H15BrO2. The molecular weight excluding hydrogens is 280 g/mol. The van der Waals surface area contributed by atoms with E-state index < -0.39 is 5.60 Å². The largest absolute Gasteiger partial charge is 0.447 e.